The number of nitrogens with zero attached hydrogens (tertiary/aromatic N) is 2. The van der Waals surface area contributed by atoms with Crippen LogP contribution < -0.4 is 0 Å². The normalized spacial score (nSPS) is 20.1. The molecule has 15 heavy (non-hydrogen) atoms. The summed E-state index contributed by atoms with van der Waals surface area (Å²) in [6, 6.07) is 3.48. The Kier molecular flexibility index (Phi) is 3.28. The molecule has 82 valence electrons. The van der Waals surface area contributed by atoms with Gasteiger partial charge >= 0.3 is 0 Å². The van der Waals surface area contributed by atoms with Gasteiger partial charge in [0.1, 0.15) is 0 Å². The van der Waals surface area contributed by atoms with E-state index in [1.54, 1.807) is 12.3 Å². The van der Waals surface area contributed by atoms with Crippen molar-refractivity contribution in [3.8, 4) is 0 Å². The molecule has 1 aliphatic heterocycles. The van der Waals surface area contributed by atoms with Gasteiger partial charge in [-0.3, -0.25) is 4.90 Å². The average Bonchev–Trinajstić information content (AvgIpc) is 2.30. The molecule has 1 saturated heterocycles. The Bertz CT molecular complexity index is 309. The third-order valence-corrected chi connectivity index (χ3v) is 2.83. The molecule has 0 amide bonds. The van der Waals surface area contributed by atoms with Crippen LogP contribution in [-0.2, 0) is 4.74 Å². The van der Waals surface area contributed by atoms with Crippen molar-refractivity contribution in [2.24, 2.45) is 0 Å². The summed E-state index contributed by atoms with van der Waals surface area (Å²) in [5.74, 6) is -0.423. The smallest absolute Gasteiger partial charge is 0.212 e. The molecule has 0 bridgehead atoms. The standard InChI is InChI=1S/C11H15FN2O/c1-9(14-4-6-15-7-5-14)10-2-3-11(12)13-8-10/h2-3,8-9H,4-7H2,1H3. The fourth-order valence-electron chi connectivity index (χ4n) is 1.81. The fraction of sp³-hybridized carbons (Fsp3) is 0.545. The third kappa shape index (κ3) is 2.52. The van der Waals surface area contributed by atoms with Crippen LogP contribution in [0.3, 0.4) is 0 Å². The summed E-state index contributed by atoms with van der Waals surface area (Å²) in [4.78, 5) is 5.99. The van der Waals surface area contributed by atoms with E-state index in [0.717, 1.165) is 31.9 Å². The van der Waals surface area contributed by atoms with E-state index in [1.165, 1.54) is 6.07 Å². The number of halogens is 1. The van der Waals surface area contributed by atoms with Crippen LogP contribution >= 0.6 is 0 Å². The van der Waals surface area contributed by atoms with Crippen LogP contribution in [0.4, 0.5) is 4.39 Å². The van der Waals surface area contributed by atoms with Crippen LogP contribution in [0.2, 0.25) is 0 Å². The minimum atomic E-state index is -0.423. The highest BCUT2D eigenvalue weighted by Crippen LogP contribution is 2.20. The number of hydrogen-bond donors (Lipinski definition) is 0. The number of morpholine rings is 1. The number of ether oxygens (including phenoxy) is 1. The quantitative estimate of drug-likeness (QED) is 0.693. The van der Waals surface area contributed by atoms with Crippen molar-refractivity contribution in [1.29, 1.82) is 0 Å². The van der Waals surface area contributed by atoms with Crippen molar-refractivity contribution in [2.45, 2.75) is 13.0 Å². The number of pyridine rings is 1. The first kappa shape index (κ1) is 10.5. The molecular weight excluding hydrogens is 195 g/mol. The SMILES string of the molecule is CC(c1ccc(F)nc1)N1CCOCC1. The van der Waals surface area contributed by atoms with Gasteiger partial charge in [0.15, 0.2) is 0 Å². The summed E-state index contributed by atoms with van der Waals surface area (Å²) in [6.07, 6.45) is 1.61. The molecular formula is C11H15FN2O. The Morgan fingerprint density at radius 1 is 1.40 bits per heavy atom. The highest BCUT2D eigenvalue weighted by molar-refractivity contribution is 5.13. The van der Waals surface area contributed by atoms with Crippen molar-refractivity contribution in [2.75, 3.05) is 26.3 Å². The second kappa shape index (κ2) is 4.68. The topological polar surface area (TPSA) is 25.4 Å². The molecule has 2 rings (SSSR count). The van der Waals surface area contributed by atoms with E-state index in [4.69, 9.17) is 4.74 Å². The zero-order chi connectivity index (χ0) is 10.7. The second-order valence-corrected chi connectivity index (χ2v) is 3.74. The molecule has 0 aliphatic carbocycles. The van der Waals surface area contributed by atoms with Crippen LogP contribution in [0.1, 0.15) is 18.5 Å². The second-order valence-electron chi connectivity index (χ2n) is 3.74. The van der Waals surface area contributed by atoms with Gasteiger partial charge in [-0.05, 0) is 18.6 Å². The predicted molar refractivity (Wildman–Crippen MR) is 55.0 cm³/mol. The summed E-state index contributed by atoms with van der Waals surface area (Å²) < 4.78 is 17.9. The Labute approximate surface area is 88.9 Å². The van der Waals surface area contributed by atoms with Crippen LogP contribution in [-0.4, -0.2) is 36.2 Å². The summed E-state index contributed by atoms with van der Waals surface area (Å²) in [5.41, 5.74) is 1.05. The average molecular weight is 210 g/mol. The molecule has 0 radical (unpaired) electrons. The molecule has 2 heterocycles. The molecule has 0 aromatic carbocycles. The number of hydrogen-bond acceptors (Lipinski definition) is 3. The van der Waals surface area contributed by atoms with Crippen molar-refractivity contribution >= 4 is 0 Å². The summed E-state index contributed by atoms with van der Waals surface area (Å²) in [7, 11) is 0. The van der Waals surface area contributed by atoms with Crippen molar-refractivity contribution in [3.63, 3.8) is 0 Å². The lowest BCUT2D eigenvalue weighted by Crippen LogP contribution is -2.38. The molecule has 1 fully saturated rings. The molecule has 1 aromatic heterocycles. The maximum absolute atomic E-state index is 12.6. The lowest BCUT2D eigenvalue weighted by atomic mass is 10.1. The maximum Gasteiger partial charge on any atom is 0.212 e. The van der Waals surface area contributed by atoms with Crippen molar-refractivity contribution in [3.05, 3.63) is 29.8 Å². The zero-order valence-electron chi connectivity index (χ0n) is 8.82. The highest BCUT2D eigenvalue weighted by atomic mass is 19.1. The highest BCUT2D eigenvalue weighted by Gasteiger charge is 2.18. The summed E-state index contributed by atoms with van der Waals surface area (Å²) in [5, 5.41) is 0. The summed E-state index contributed by atoms with van der Waals surface area (Å²) >= 11 is 0. The first-order valence-electron chi connectivity index (χ1n) is 5.20. The van der Waals surface area contributed by atoms with Crippen LogP contribution in [0.15, 0.2) is 18.3 Å². The lowest BCUT2D eigenvalue weighted by Gasteiger charge is -2.32. The van der Waals surface area contributed by atoms with E-state index in [2.05, 4.69) is 16.8 Å². The molecule has 1 atom stereocenters. The van der Waals surface area contributed by atoms with Crippen LogP contribution in [0.5, 0.6) is 0 Å². The lowest BCUT2D eigenvalue weighted by molar-refractivity contribution is 0.0198. The first-order valence-corrected chi connectivity index (χ1v) is 5.20. The molecule has 4 heteroatoms. The zero-order valence-corrected chi connectivity index (χ0v) is 8.82. The molecule has 0 spiro atoms. The van der Waals surface area contributed by atoms with E-state index >= 15 is 0 Å². The minimum Gasteiger partial charge on any atom is -0.379 e. The van der Waals surface area contributed by atoms with E-state index in [-0.39, 0.29) is 6.04 Å². The molecule has 1 unspecified atom stereocenters. The van der Waals surface area contributed by atoms with Gasteiger partial charge in [0.25, 0.3) is 0 Å². The monoisotopic (exact) mass is 210 g/mol. The number of rotatable bonds is 2. The number of aromatic nitrogens is 1. The Morgan fingerprint density at radius 3 is 2.73 bits per heavy atom. The minimum absolute atomic E-state index is 0.280. The van der Waals surface area contributed by atoms with Gasteiger partial charge in [0.05, 0.1) is 13.2 Å². The van der Waals surface area contributed by atoms with Gasteiger partial charge in [-0.2, -0.15) is 4.39 Å². The van der Waals surface area contributed by atoms with E-state index in [0.29, 0.717) is 0 Å². The van der Waals surface area contributed by atoms with Gasteiger partial charge in [0.2, 0.25) is 5.95 Å². The Balaban J connectivity index is 2.05. The van der Waals surface area contributed by atoms with E-state index in [1.807, 2.05) is 0 Å². The third-order valence-electron chi connectivity index (χ3n) is 2.83. The van der Waals surface area contributed by atoms with Crippen molar-refractivity contribution in [1.82, 2.24) is 9.88 Å². The van der Waals surface area contributed by atoms with E-state index in [9.17, 15) is 4.39 Å². The van der Waals surface area contributed by atoms with Crippen LogP contribution in [0, 0.1) is 5.95 Å². The van der Waals surface area contributed by atoms with Gasteiger partial charge in [-0.15, -0.1) is 0 Å². The van der Waals surface area contributed by atoms with Crippen LogP contribution in [0.25, 0.3) is 0 Å². The Morgan fingerprint density at radius 2 is 2.13 bits per heavy atom. The molecule has 1 aliphatic rings. The predicted octanol–water partition coefficient (Wildman–Crippen LogP) is 1.61. The molecule has 1 aromatic rings. The van der Waals surface area contributed by atoms with E-state index < -0.39 is 5.95 Å². The molecule has 0 N–H and O–H groups in total. The molecule has 0 saturated carbocycles. The van der Waals surface area contributed by atoms with Gasteiger partial charge < -0.3 is 4.74 Å². The fourth-order valence-corrected chi connectivity index (χ4v) is 1.81. The maximum atomic E-state index is 12.6. The van der Waals surface area contributed by atoms with Gasteiger partial charge in [-0.25, -0.2) is 4.98 Å². The van der Waals surface area contributed by atoms with Crippen molar-refractivity contribution < 1.29 is 9.13 Å². The first-order chi connectivity index (χ1) is 7.27. The summed E-state index contributed by atoms with van der Waals surface area (Å²) in [6.45, 7) is 5.52. The van der Waals surface area contributed by atoms with Gasteiger partial charge in [0, 0.05) is 25.3 Å². The Hall–Kier alpha value is -1.00. The molecule has 3 nitrogen and oxygen atoms in total. The van der Waals surface area contributed by atoms with Gasteiger partial charge in [-0.1, -0.05) is 6.07 Å². The largest absolute Gasteiger partial charge is 0.379 e.